The first-order valence-corrected chi connectivity index (χ1v) is 11.4. The van der Waals surface area contributed by atoms with E-state index in [0.717, 1.165) is 34.5 Å². The van der Waals surface area contributed by atoms with Gasteiger partial charge in [-0.2, -0.15) is 4.58 Å². The van der Waals surface area contributed by atoms with Gasteiger partial charge in [0.25, 0.3) is 0 Å². The van der Waals surface area contributed by atoms with Crippen LogP contribution in [0.1, 0.15) is 42.3 Å². The molecule has 2 heterocycles. The Labute approximate surface area is 194 Å². The molecule has 0 aliphatic carbocycles. The number of hydrogen-bond acceptors (Lipinski definition) is 4. The highest BCUT2D eigenvalue weighted by Gasteiger charge is 2.45. The van der Waals surface area contributed by atoms with E-state index in [1.165, 1.54) is 0 Å². The molecule has 0 aromatic heterocycles. The Morgan fingerprint density at radius 1 is 1.03 bits per heavy atom. The number of hydrogen-bond donors (Lipinski definition) is 1. The number of amides is 3. The van der Waals surface area contributed by atoms with Crippen molar-refractivity contribution in [3.8, 4) is 0 Å². The first kappa shape index (κ1) is 22.9. The van der Waals surface area contributed by atoms with Gasteiger partial charge in [-0.1, -0.05) is 24.3 Å². The van der Waals surface area contributed by atoms with Gasteiger partial charge in [0.1, 0.15) is 5.41 Å². The molecule has 0 unspecified atom stereocenters. The average molecular weight is 448 g/mol. The van der Waals surface area contributed by atoms with Gasteiger partial charge in [0, 0.05) is 20.1 Å². The topological polar surface area (TPSA) is 72.7 Å². The van der Waals surface area contributed by atoms with E-state index < -0.39 is 5.41 Å². The fraction of sp³-hybridized carbons (Fsp3) is 0.385. The Bertz CT molecular complexity index is 1150. The Morgan fingerprint density at radius 2 is 1.79 bits per heavy atom. The number of carbonyl (C=O) groups is 3. The van der Waals surface area contributed by atoms with E-state index in [4.69, 9.17) is 0 Å². The van der Waals surface area contributed by atoms with Crippen LogP contribution in [-0.4, -0.2) is 55.2 Å². The number of fused-ring (bicyclic) bond motifs is 2. The van der Waals surface area contributed by atoms with E-state index in [-0.39, 0.29) is 17.7 Å². The van der Waals surface area contributed by atoms with Gasteiger partial charge >= 0.3 is 5.91 Å². The van der Waals surface area contributed by atoms with Crippen LogP contribution in [0, 0.1) is 5.41 Å². The number of nitrogens with one attached hydrogen (secondary N) is 1. The lowest BCUT2D eigenvalue weighted by molar-refractivity contribution is -0.424. The third-order valence-corrected chi connectivity index (χ3v) is 6.53. The second kappa shape index (κ2) is 8.90. The normalized spacial score (nSPS) is 17.5. The second-order valence-electron chi connectivity index (χ2n) is 9.08. The molecule has 3 amide bonds. The predicted octanol–water partition coefficient (Wildman–Crippen LogP) is 2.61. The lowest BCUT2D eigenvalue weighted by Crippen LogP contribution is -2.47. The van der Waals surface area contributed by atoms with Crippen LogP contribution in [0.2, 0.25) is 0 Å². The standard InChI is InChI=1S/C26H31N4O3/c1-5-30-21-11-10-18(16-22(21)28(4)24(32)26(2,3)25(30)33)17-27-13-15-29-14-12-19-8-6-7-9-20(19)23(29)31/h6-11,14,16,27H,5,12-13,15,17H2,1-4H3/q+1. The van der Waals surface area contributed by atoms with E-state index in [1.807, 2.05) is 55.6 Å². The molecule has 2 aromatic rings. The third kappa shape index (κ3) is 4.09. The summed E-state index contributed by atoms with van der Waals surface area (Å²) in [7, 11) is 1.72. The molecule has 172 valence electrons. The van der Waals surface area contributed by atoms with Gasteiger partial charge in [-0.3, -0.25) is 9.59 Å². The van der Waals surface area contributed by atoms with Gasteiger partial charge in [0.05, 0.1) is 29.9 Å². The van der Waals surface area contributed by atoms with Crippen molar-refractivity contribution in [2.75, 3.05) is 36.5 Å². The van der Waals surface area contributed by atoms with E-state index in [9.17, 15) is 14.4 Å². The molecular formula is C26H31N4O3+. The fourth-order valence-corrected chi connectivity index (χ4v) is 4.53. The maximum Gasteiger partial charge on any atom is 0.419 e. The van der Waals surface area contributed by atoms with Crippen LogP contribution in [0.3, 0.4) is 0 Å². The summed E-state index contributed by atoms with van der Waals surface area (Å²) in [6.07, 6.45) is 2.71. The molecule has 0 saturated carbocycles. The lowest BCUT2D eigenvalue weighted by Gasteiger charge is -2.27. The third-order valence-electron chi connectivity index (χ3n) is 6.53. The summed E-state index contributed by atoms with van der Waals surface area (Å²) < 4.78 is 1.77. The summed E-state index contributed by atoms with van der Waals surface area (Å²) >= 11 is 0. The Morgan fingerprint density at radius 3 is 2.55 bits per heavy atom. The van der Waals surface area contributed by atoms with E-state index in [2.05, 4.69) is 5.32 Å². The predicted molar refractivity (Wildman–Crippen MR) is 129 cm³/mol. The zero-order valence-electron chi connectivity index (χ0n) is 19.7. The summed E-state index contributed by atoms with van der Waals surface area (Å²) in [4.78, 5) is 41.9. The van der Waals surface area contributed by atoms with Crippen LogP contribution < -0.4 is 15.1 Å². The average Bonchev–Trinajstić information content (AvgIpc) is 2.87. The SMILES string of the molecule is CCN1C(=O)C(C)(C)C(=O)N(C)c2cc(CNCC[N+]3=CCc4ccccc4C3=O)ccc21. The highest BCUT2D eigenvalue weighted by atomic mass is 16.2. The Balaban J connectivity index is 1.43. The van der Waals surface area contributed by atoms with E-state index in [1.54, 1.807) is 35.3 Å². The van der Waals surface area contributed by atoms with Crippen LogP contribution >= 0.6 is 0 Å². The van der Waals surface area contributed by atoms with Crippen molar-refractivity contribution in [2.24, 2.45) is 5.41 Å². The largest absolute Gasteiger partial charge is 0.419 e. The molecule has 2 aromatic carbocycles. The molecule has 4 rings (SSSR count). The van der Waals surface area contributed by atoms with Crippen molar-refractivity contribution in [1.29, 1.82) is 0 Å². The number of rotatable bonds is 6. The highest BCUT2D eigenvalue weighted by Crippen LogP contribution is 2.38. The zero-order valence-corrected chi connectivity index (χ0v) is 19.7. The van der Waals surface area contributed by atoms with Gasteiger partial charge in [0.15, 0.2) is 12.8 Å². The number of carbonyl (C=O) groups excluding carboxylic acids is 3. The number of benzene rings is 2. The molecule has 0 saturated heterocycles. The molecule has 7 heteroatoms. The summed E-state index contributed by atoms with van der Waals surface area (Å²) in [6, 6.07) is 13.6. The van der Waals surface area contributed by atoms with Gasteiger partial charge in [-0.15, -0.1) is 0 Å². The molecule has 2 aliphatic rings. The van der Waals surface area contributed by atoms with Crippen LogP contribution in [0.5, 0.6) is 0 Å². The summed E-state index contributed by atoms with van der Waals surface area (Å²) in [5.41, 5.74) is 3.22. The van der Waals surface area contributed by atoms with Crippen molar-refractivity contribution >= 4 is 35.3 Å². The minimum atomic E-state index is -1.11. The van der Waals surface area contributed by atoms with Gasteiger partial charge in [-0.05, 0) is 50.1 Å². The summed E-state index contributed by atoms with van der Waals surface area (Å²) in [6.45, 7) is 7.60. The smallest absolute Gasteiger partial charge is 0.313 e. The Hall–Kier alpha value is -3.32. The summed E-state index contributed by atoms with van der Waals surface area (Å²) in [5.74, 6) is -0.361. The second-order valence-corrected chi connectivity index (χ2v) is 9.08. The molecule has 33 heavy (non-hydrogen) atoms. The van der Waals surface area contributed by atoms with Crippen molar-refractivity contribution in [1.82, 2.24) is 5.32 Å². The van der Waals surface area contributed by atoms with E-state index >= 15 is 0 Å². The first-order chi connectivity index (χ1) is 15.8. The minimum absolute atomic E-state index is 0.0377. The quantitative estimate of drug-likeness (QED) is 0.420. The van der Waals surface area contributed by atoms with Crippen LogP contribution in [0.25, 0.3) is 0 Å². The molecule has 1 N–H and O–H groups in total. The van der Waals surface area contributed by atoms with Gasteiger partial charge < -0.3 is 15.1 Å². The number of anilines is 2. The molecule has 2 aliphatic heterocycles. The molecular weight excluding hydrogens is 416 g/mol. The fourth-order valence-electron chi connectivity index (χ4n) is 4.53. The molecule has 0 atom stereocenters. The Kier molecular flexibility index (Phi) is 6.17. The van der Waals surface area contributed by atoms with Crippen LogP contribution in [-0.2, 0) is 22.6 Å². The lowest BCUT2D eigenvalue weighted by atomic mass is 9.90. The molecule has 0 fully saturated rings. The maximum absolute atomic E-state index is 13.0. The first-order valence-electron chi connectivity index (χ1n) is 11.4. The van der Waals surface area contributed by atoms with Gasteiger partial charge in [0.2, 0.25) is 11.8 Å². The number of nitrogens with zero attached hydrogens (tertiary/aromatic N) is 3. The molecule has 0 spiro atoms. The monoisotopic (exact) mass is 447 g/mol. The molecule has 0 bridgehead atoms. The maximum atomic E-state index is 13.0. The van der Waals surface area contributed by atoms with E-state index in [0.29, 0.717) is 26.2 Å². The van der Waals surface area contributed by atoms with Crippen molar-refractivity contribution in [3.05, 3.63) is 59.2 Å². The van der Waals surface area contributed by atoms with Gasteiger partial charge in [-0.25, -0.2) is 4.79 Å². The minimum Gasteiger partial charge on any atom is -0.313 e. The summed E-state index contributed by atoms with van der Waals surface area (Å²) in [5, 5.41) is 3.39. The van der Waals surface area contributed by atoms with Crippen molar-refractivity contribution < 1.29 is 19.0 Å². The van der Waals surface area contributed by atoms with Crippen LogP contribution in [0.4, 0.5) is 11.4 Å². The van der Waals surface area contributed by atoms with Crippen molar-refractivity contribution in [2.45, 2.75) is 33.7 Å². The zero-order chi connectivity index (χ0) is 23.8. The van der Waals surface area contributed by atoms with Crippen molar-refractivity contribution in [3.63, 3.8) is 0 Å². The molecule has 7 nitrogen and oxygen atoms in total. The highest BCUT2D eigenvalue weighted by molar-refractivity contribution is 6.19. The van der Waals surface area contributed by atoms with Crippen LogP contribution in [0.15, 0.2) is 42.5 Å². The molecule has 0 radical (unpaired) electrons.